The average molecular weight is 229 g/mol. The van der Waals surface area contributed by atoms with Gasteiger partial charge in [0.1, 0.15) is 0 Å². The van der Waals surface area contributed by atoms with Crippen molar-refractivity contribution in [3.05, 3.63) is 16.0 Å². The van der Waals surface area contributed by atoms with Crippen LogP contribution in [-0.4, -0.2) is 31.2 Å². The van der Waals surface area contributed by atoms with Crippen molar-refractivity contribution in [3.8, 4) is 0 Å². The van der Waals surface area contributed by atoms with E-state index in [9.17, 15) is 4.79 Å². The van der Waals surface area contributed by atoms with Crippen LogP contribution in [0.4, 0.5) is 0 Å². The minimum Gasteiger partial charge on any atom is -0.344 e. The molecule has 0 saturated heterocycles. The van der Waals surface area contributed by atoms with Gasteiger partial charge in [0.05, 0.1) is 9.09 Å². The Morgan fingerprint density at radius 1 is 1.29 bits per heavy atom. The van der Waals surface area contributed by atoms with Crippen molar-refractivity contribution in [2.24, 2.45) is 0 Å². The number of rotatable bonds is 2. The molecule has 0 N–H and O–H groups in total. The van der Waals surface area contributed by atoms with Crippen LogP contribution in [0.15, 0.2) is 4.21 Å². The van der Waals surface area contributed by atoms with Crippen molar-refractivity contribution < 1.29 is 4.79 Å². The molecule has 0 aromatic carbocycles. The first-order valence-corrected chi connectivity index (χ1v) is 6.38. The molecule has 1 aromatic rings. The predicted molar refractivity (Wildman–Crippen MR) is 63.6 cm³/mol. The topological polar surface area (TPSA) is 20.3 Å². The maximum Gasteiger partial charge on any atom is 0.263 e. The van der Waals surface area contributed by atoms with E-state index in [0.717, 1.165) is 10.4 Å². The Morgan fingerprint density at radius 3 is 2.21 bits per heavy atom. The Morgan fingerprint density at radius 2 is 1.86 bits per heavy atom. The summed E-state index contributed by atoms with van der Waals surface area (Å²) in [5.41, 5.74) is 2.37. The zero-order valence-electron chi connectivity index (χ0n) is 9.17. The van der Waals surface area contributed by atoms with E-state index >= 15 is 0 Å². The van der Waals surface area contributed by atoms with Gasteiger partial charge in [-0.3, -0.25) is 4.79 Å². The van der Waals surface area contributed by atoms with Gasteiger partial charge in [-0.05, 0) is 31.2 Å². The molecule has 0 fully saturated rings. The summed E-state index contributed by atoms with van der Waals surface area (Å²) in [6, 6.07) is 0. The molecule has 1 rings (SSSR count). The predicted octanol–water partition coefficient (Wildman–Crippen LogP) is 2.79. The lowest BCUT2D eigenvalue weighted by molar-refractivity contribution is 0.0831. The second kappa shape index (κ2) is 4.36. The summed E-state index contributed by atoms with van der Waals surface area (Å²) in [5.74, 6) is 0.107. The number of thiophene rings is 1. The number of nitrogens with zero attached hydrogens (tertiary/aromatic N) is 1. The van der Waals surface area contributed by atoms with Gasteiger partial charge in [0, 0.05) is 14.1 Å². The molecule has 0 bridgehead atoms. The van der Waals surface area contributed by atoms with E-state index in [0.29, 0.717) is 0 Å². The van der Waals surface area contributed by atoms with E-state index in [1.165, 1.54) is 9.77 Å². The molecule has 0 spiro atoms. The van der Waals surface area contributed by atoms with E-state index < -0.39 is 0 Å². The number of carbonyl (C=O) groups is 1. The molecule has 1 aromatic heterocycles. The van der Waals surface area contributed by atoms with Gasteiger partial charge in [0.2, 0.25) is 0 Å². The highest BCUT2D eigenvalue weighted by Gasteiger charge is 2.18. The van der Waals surface area contributed by atoms with E-state index in [-0.39, 0.29) is 5.91 Å². The van der Waals surface area contributed by atoms with E-state index in [1.54, 1.807) is 42.1 Å². The van der Waals surface area contributed by atoms with Crippen molar-refractivity contribution >= 4 is 29.0 Å². The quantitative estimate of drug-likeness (QED) is 0.727. The minimum absolute atomic E-state index is 0.107. The molecule has 1 amide bonds. The number of amides is 1. The SMILES string of the molecule is CSc1sc(C(=O)N(C)C)c(C)c1C. The van der Waals surface area contributed by atoms with Crippen LogP contribution in [0.5, 0.6) is 0 Å². The van der Waals surface area contributed by atoms with Gasteiger partial charge >= 0.3 is 0 Å². The van der Waals surface area contributed by atoms with Crippen LogP contribution < -0.4 is 0 Å². The van der Waals surface area contributed by atoms with Crippen LogP contribution in [0.1, 0.15) is 20.8 Å². The largest absolute Gasteiger partial charge is 0.344 e. The van der Waals surface area contributed by atoms with Crippen LogP contribution in [0.3, 0.4) is 0 Å². The summed E-state index contributed by atoms with van der Waals surface area (Å²) in [7, 11) is 3.57. The Hall–Kier alpha value is -0.480. The van der Waals surface area contributed by atoms with E-state index in [4.69, 9.17) is 0 Å². The molecule has 0 radical (unpaired) electrons. The summed E-state index contributed by atoms with van der Waals surface area (Å²) in [6.07, 6.45) is 2.04. The monoisotopic (exact) mass is 229 g/mol. The molecular formula is C10H15NOS2. The van der Waals surface area contributed by atoms with Crippen LogP contribution in [0.25, 0.3) is 0 Å². The number of carbonyl (C=O) groups excluding carboxylic acids is 1. The third-order valence-corrected chi connectivity index (χ3v) is 4.79. The van der Waals surface area contributed by atoms with E-state index in [2.05, 4.69) is 6.92 Å². The molecule has 2 nitrogen and oxygen atoms in total. The summed E-state index contributed by atoms with van der Waals surface area (Å²) in [5, 5.41) is 0. The number of thioether (sulfide) groups is 1. The first-order chi connectivity index (χ1) is 6.49. The van der Waals surface area contributed by atoms with Crippen LogP contribution in [0, 0.1) is 13.8 Å². The summed E-state index contributed by atoms with van der Waals surface area (Å²) in [4.78, 5) is 14.3. The summed E-state index contributed by atoms with van der Waals surface area (Å²) in [6.45, 7) is 4.09. The molecule has 0 atom stereocenters. The Labute approximate surface area is 93.3 Å². The molecule has 0 aliphatic rings. The lowest BCUT2D eigenvalue weighted by Gasteiger charge is -2.08. The molecule has 0 saturated carbocycles. The normalized spacial score (nSPS) is 10.4. The Balaban J connectivity index is 3.17. The third kappa shape index (κ3) is 1.96. The van der Waals surface area contributed by atoms with Crippen molar-refractivity contribution in [3.63, 3.8) is 0 Å². The van der Waals surface area contributed by atoms with Crippen LogP contribution >= 0.6 is 23.1 Å². The second-order valence-electron chi connectivity index (χ2n) is 3.37. The van der Waals surface area contributed by atoms with E-state index in [1.807, 2.05) is 13.2 Å². The number of hydrogen-bond acceptors (Lipinski definition) is 3. The molecule has 4 heteroatoms. The van der Waals surface area contributed by atoms with Gasteiger partial charge in [-0.1, -0.05) is 0 Å². The molecule has 14 heavy (non-hydrogen) atoms. The van der Waals surface area contributed by atoms with Gasteiger partial charge in [0.15, 0.2) is 0 Å². The maximum absolute atomic E-state index is 11.8. The third-order valence-electron chi connectivity index (χ3n) is 2.19. The van der Waals surface area contributed by atoms with Gasteiger partial charge < -0.3 is 4.90 Å². The molecule has 1 heterocycles. The standard InChI is InChI=1S/C10H15NOS2/c1-6-7(2)10(13-5)14-8(6)9(12)11(3)4/h1-5H3. The molecule has 0 aliphatic carbocycles. The molecular weight excluding hydrogens is 214 g/mol. The first kappa shape index (κ1) is 11.6. The van der Waals surface area contributed by atoms with Crippen molar-refractivity contribution in [2.75, 3.05) is 20.4 Å². The fraction of sp³-hybridized carbons (Fsp3) is 0.500. The van der Waals surface area contributed by atoms with Crippen LogP contribution in [0.2, 0.25) is 0 Å². The fourth-order valence-corrected chi connectivity index (χ4v) is 3.28. The highest BCUT2D eigenvalue weighted by molar-refractivity contribution is 8.00. The van der Waals surface area contributed by atoms with Crippen molar-refractivity contribution in [1.29, 1.82) is 0 Å². The van der Waals surface area contributed by atoms with Gasteiger partial charge in [0.25, 0.3) is 5.91 Å². The smallest absolute Gasteiger partial charge is 0.263 e. The summed E-state index contributed by atoms with van der Waals surface area (Å²) >= 11 is 3.30. The Kier molecular flexibility index (Phi) is 3.61. The first-order valence-electron chi connectivity index (χ1n) is 4.34. The van der Waals surface area contributed by atoms with Gasteiger partial charge in [-0.25, -0.2) is 0 Å². The van der Waals surface area contributed by atoms with Gasteiger partial charge in [-0.2, -0.15) is 0 Å². The highest BCUT2D eigenvalue weighted by atomic mass is 32.2. The molecule has 78 valence electrons. The maximum atomic E-state index is 11.8. The second-order valence-corrected chi connectivity index (χ2v) is 5.47. The molecule has 0 aliphatic heterocycles. The number of hydrogen-bond donors (Lipinski definition) is 0. The van der Waals surface area contributed by atoms with Crippen LogP contribution in [-0.2, 0) is 0 Å². The molecule has 0 unspecified atom stereocenters. The Bertz CT molecular complexity index is 355. The van der Waals surface area contributed by atoms with Crippen molar-refractivity contribution in [2.45, 2.75) is 18.1 Å². The summed E-state index contributed by atoms with van der Waals surface area (Å²) < 4.78 is 1.24. The minimum atomic E-state index is 0.107. The zero-order valence-corrected chi connectivity index (χ0v) is 10.8. The fourth-order valence-electron chi connectivity index (χ4n) is 1.17. The lowest BCUT2D eigenvalue weighted by Crippen LogP contribution is -2.21. The highest BCUT2D eigenvalue weighted by Crippen LogP contribution is 2.34. The lowest BCUT2D eigenvalue weighted by atomic mass is 10.2. The van der Waals surface area contributed by atoms with Gasteiger partial charge in [-0.15, -0.1) is 23.1 Å². The van der Waals surface area contributed by atoms with Crippen molar-refractivity contribution in [1.82, 2.24) is 4.90 Å². The average Bonchev–Trinajstić information content (AvgIpc) is 2.43. The zero-order chi connectivity index (χ0) is 10.9.